The summed E-state index contributed by atoms with van der Waals surface area (Å²) in [5.74, 6) is -3.22. The summed E-state index contributed by atoms with van der Waals surface area (Å²) in [6, 6.07) is 3.58. The molecule has 28 heavy (non-hydrogen) atoms. The lowest BCUT2D eigenvalue weighted by atomic mass is 9.97. The van der Waals surface area contributed by atoms with Gasteiger partial charge in [-0.3, -0.25) is 19.7 Å². The average molecular weight is 402 g/mol. The molecule has 0 saturated carbocycles. The number of pyridine rings is 1. The summed E-state index contributed by atoms with van der Waals surface area (Å²) in [5.41, 5.74) is 1.23. The number of ketones is 1. The van der Waals surface area contributed by atoms with Crippen molar-refractivity contribution in [3.63, 3.8) is 0 Å². The molecular formula is C20H27N3O4Si. The molecule has 2 aromatic rings. The number of aryl methyl sites for hydroxylation is 1. The molecule has 7 nitrogen and oxygen atoms in total. The van der Waals surface area contributed by atoms with Crippen molar-refractivity contribution in [3.05, 3.63) is 30.1 Å². The Morgan fingerprint density at radius 1 is 1.25 bits per heavy atom. The van der Waals surface area contributed by atoms with Crippen LogP contribution in [0.3, 0.4) is 0 Å². The first kappa shape index (κ1) is 20.4. The first-order valence-electron chi connectivity index (χ1n) is 9.50. The number of amides is 2. The predicted octanol–water partition coefficient (Wildman–Crippen LogP) is 2.76. The third-order valence-electron chi connectivity index (χ3n) is 5.77. The van der Waals surface area contributed by atoms with Gasteiger partial charge in [-0.1, -0.05) is 20.8 Å². The molecule has 3 heterocycles. The third-order valence-corrected chi connectivity index (χ3v) is 10.3. The molecule has 1 aliphatic rings. The number of carbonyl (C=O) groups is 3. The van der Waals surface area contributed by atoms with E-state index in [0.29, 0.717) is 24.4 Å². The number of fused-ring (bicyclic) bond motifs is 1. The van der Waals surface area contributed by atoms with Crippen molar-refractivity contribution in [2.45, 2.75) is 57.8 Å². The van der Waals surface area contributed by atoms with E-state index in [2.05, 4.69) is 44.2 Å². The molecule has 2 aromatic heterocycles. The molecule has 2 amide bonds. The molecule has 1 saturated heterocycles. The quantitative estimate of drug-likeness (QED) is 0.264. The van der Waals surface area contributed by atoms with Gasteiger partial charge < -0.3 is 8.99 Å². The average Bonchev–Trinajstić information content (AvgIpc) is 3.08. The lowest BCUT2D eigenvalue weighted by Gasteiger charge is -2.36. The topological polar surface area (TPSA) is 90.3 Å². The molecule has 1 fully saturated rings. The van der Waals surface area contributed by atoms with Crippen LogP contribution < -0.4 is 5.32 Å². The summed E-state index contributed by atoms with van der Waals surface area (Å²) in [5, 5.41) is 2.98. The van der Waals surface area contributed by atoms with Crippen LogP contribution in [0, 0.1) is 0 Å². The molecule has 8 heteroatoms. The number of hydrogen-bond donors (Lipinski definition) is 1. The van der Waals surface area contributed by atoms with E-state index in [0.717, 1.165) is 11.8 Å². The highest BCUT2D eigenvalue weighted by Crippen LogP contribution is 2.36. The highest BCUT2D eigenvalue weighted by atomic mass is 28.4. The van der Waals surface area contributed by atoms with Gasteiger partial charge in [-0.2, -0.15) is 0 Å². The zero-order valence-electron chi connectivity index (χ0n) is 17.0. The van der Waals surface area contributed by atoms with Crippen LogP contribution in [0.4, 0.5) is 0 Å². The van der Waals surface area contributed by atoms with Gasteiger partial charge in [0, 0.05) is 30.9 Å². The van der Waals surface area contributed by atoms with E-state index in [1.165, 1.54) is 0 Å². The van der Waals surface area contributed by atoms with E-state index in [-0.39, 0.29) is 5.04 Å². The van der Waals surface area contributed by atoms with Crippen LogP contribution in [0.5, 0.6) is 0 Å². The number of Topliss-reactive ketones (excluding diaryl/α,β-unsaturated/α-hetero) is 1. The SMILES string of the molecule is CC(C)(C)[Si](C)(C)OCCCn1cc(C2C(=O)NC(=O)C2=O)c2cccnc21. The highest BCUT2D eigenvalue weighted by Gasteiger charge is 2.42. The Morgan fingerprint density at radius 2 is 1.96 bits per heavy atom. The minimum absolute atomic E-state index is 0.157. The van der Waals surface area contributed by atoms with Gasteiger partial charge in [-0.25, -0.2) is 4.98 Å². The summed E-state index contributed by atoms with van der Waals surface area (Å²) < 4.78 is 8.16. The van der Waals surface area contributed by atoms with Crippen molar-refractivity contribution < 1.29 is 18.8 Å². The van der Waals surface area contributed by atoms with Crippen molar-refractivity contribution in [2.24, 2.45) is 0 Å². The Morgan fingerprint density at radius 3 is 2.57 bits per heavy atom. The van der Waals surface area contributed by atoms with Gasteiger partial charge >= 0.3 is 0 Å². The second-order valence-electron chi connectivity index (χ2n) is 8.73. The standard InChI is InChI=1S/C20H27N3O4Si/c1-20(2,3)28(4,5)27-11-7-10-23-12-14(13-8-6-9-21-17(13)23)15-16(24)19(26)22-18(15)25/h6,8-9,12,15H,7,10-11H2,1-5H3,(H,22,25,26). The maximum absolute atomic E-state index is 12.2. The Kier molecular flexibility index (Phi) is 5.29. The van der Waals surface area contributed by atoms with Crippen LogP contribution in [0.1, 0.15) is 38.7 Å². The molecule has 0 aliphatic carbocycles. The first-order valence-corrected chi connectivity index (χ1v) is 12.4. The lowest BCUT2D eigenvalue weighted by Crippen LogP contribution is -2.41. The van der Waals surface area contributed by atoms with Gasteiger partial charge in [0.1, 0.15) is 11.6 Å². The Bertz CT molecular complexity index is 943. The summed E-state index contributed by atoms with van der Waals surface area (Å²) in [4.78, 5) is 40.3. The van der Waals surface area contributed by atoms with E-state index in [4.69, 9.17) is 4.43 Å². The zero-order chi connectivity index (χ0) is 20.7. The fraction of sp³-hybridized carbons (Fsp3) is 0.500. The number of hydrogen-bond acceptors (Lipinski definition) is 5. The van der Waals surface area contributed by atoms with Crippen molar-refractivity contribution in [1.82, 2.24) is 14.9 Å². The minimum atomic E-state index is -1.80. The van der Waals surface area contributed by atoms with Gasteiger partial charge in [-0.05, 0) is 42.2 Å². The molecule has 0 bridgehead atoms. The fourth-order valence-electron chi connectivity index (χ4n) is 3.11. The Balaban J connectivity index is 1.79. The molecule has 1 atom stereocenters. The van der Waals surface area contributed by atoms with E-state index in [9.17, 15) is 14.4 Å². The van der Waals surface area contributed by atoms with E-state index >= 15 is 0 Å². The van der Waals surface area contributed by atoms with Crippen LogP contribution in [0.15, 0.2) is 24.5 Å². The molecule has 3 rings (SSSR count). The Labute approximate surface area is 165 Å². The van der Waals surface area contributed by atoms with Gasteiger partial charge in [0.05, 0.1) is 0 Å². The lowest BCUT2D eigenvalue weighted by molar-refractivity contribution is -0.135. The molecule has 0 aromatic carbocycles. The van der Waals surface area contributed by atoms with E-state index < -0.39 is 31.8 Å². The summed E-state index contributed by atoms with van der Waals surface area (Å²) in [6.07, 6.45) is 4.23. The maximum atomic E-state index is 12.2. The Hall–Kier alpha value is -2.32. The molecule has 0 radical (unpaired) electrons. The van der Waals surface area contributed by atoms with Crippen molar-refractivity contribution in [3.8, 4) is 0 Å². The van der Waals surface area contributed by atoms with Crippen LogP contribution in [-0.4, -0.2) is 42.1 Å². The van der Waals surface area contributed by atoms with Gasteiger partial charge in [0.15, 0.2) is 8.32 Å². The number of nitrogens with zero attached hydrogens (tertiary/aromatic N) is 2. The molecule has 1 N–H and O–H groups in total. The molecule has 1 unspecified atom stereocenters. The van der Waals surface area contributed by atoms with Gasteiger partial charge in [-0.15, -0.1) is 0 Å². The van der Waals surface area contributed by atoms with E-state index in [1.807, 2.05) is 10.6 Å². The van der Waals surface area contributed by atoms with Gasteiger partial charge in [0.25, 0.3) is 5.91 Å². The second kappa shape index (κ2) is 7.25. The largest absolute Gasteiger partial charge is 0.417 e. The second-order valence-corrected chi connectivity index (χ2v) is 13.5. The molecule has 150 valence electrons. The zero-order valence-corrected chi connectivity index (χ0v) is 18.0. The monoisotopic (exact) mass is 401 g/mol. The number of carbonyl (C=O) groups excluding carboxylic acids is 3. The number of nitrogens with one attached hydrogen (secondary N) is 1. The predicted molar refractivity (Wildman–Crippen MR) is 108 cm³/mol. The summed E-state index contributed by atoms with van der Waals surface area (Å²) in [7, 11) is -1.80. The van der Waals surface area contributed by atoms with Crippen molar-refractivity contribution >= 4 is 36.9 Å². The van der Waals surface area contributed by atoms with Crippen LogP contribution in [-0.2, 0) is 25.4 Å². The highest BCUT2D eigenvalue weighted by molar-refractivity contribution is 6.74. The van der Waals surface area contributed by atoms with Crippen molar-refractivity contribution in [2.75, 3.05) is 6.61 Å². The molecule has 0 spiro atoms. The van der Waals surface area contributed by atoms with Crippen molar-refractivity contribution in [1.29, 1.82) is 0 Å². The third kappa shape index (κ3) is 3.66. The van der Waals surface area contributed by atoms with Crippen LogP contribution >= 0.6 is 0 Å². The summed E-state index contributed by atoms with van der Waals surface area (Å²) in [6.45, 7) is 12.4. The normalized spacial score (nSPS) is 18.2. The maximum Gasteiger partial charge on any atom is 0.295 e. The number of imide groups is 1. The minimum Gasteiger partial charge on any atom is -0.417 e. The van der Waals surface area contributed by atoms with Gasteiger partial charge in [0.2, 0.25) is 11.7 Å². The number of aromatic nitrogens is 2. The smallest absolute Gasteiger partial charge is 0.295 e. The van der Waals surface area contributed by atoms with E-state index in [1.54, 1.807) is 18.5 Å². The van der Waals surface area contributed by atoms with Crippen LogP contribution in [0.2, 0.25) is 18.1 Å². The fourth-order valence-corrected chi connectivity index (χ4v) is 4.19. The van der Waals surface area contributed by atoms with Crippen LogP contribution in [0.25, 0.3) is 11.0 Å². The first-order chi connectivity index (χ1) is 13.0. The molecular weight excluding hydrogens is 374 g/mol. The number of rotatable bonds is 6. The molecule has 1 aliphatic heterocycles. The summed E-state index contributed by atoms with van der Waals surface area (Å²) >= 11 is 0.